The van der Waals surface area contributed by atoms with Crippen LogP contribution in [0.2, 0.25) is 0 Å². The minimum atomic E-state index is -3.30. The lowest BCUT2D eigenvalue weighted by molar-refractivity contribution is -0.126. The number of hydrogen-bond acceptors (Lipinski definition) is 1. The average Bonchev–Trinajstić information content (AvgIpc) is 2.18. The molecular formula is C10H7F3O. The minimum Gasteiger partial charge on any atom is -0.285 e. The predicted octanol–water partition coefficient (Wildman–Crippen LogP) is 2.83. The smallest absolute Gasteiger partial charge is 0.285 e. The predicted molar refractivity (Wildman–Crippen MR) is 46.5 cm³/mol. The lowest BCUT2D eigenvalue weighted by Gasteiger charge is -1.95. The molecule has 0 aromatic heterocycles. The number of hydrogen-bond donors (Lipinski definition) is 0. The maximum Gasteiger partial charge on any atom is 0.302 e. The molecule has 74 valence electrons. The van der Waals surface area contributed by atoms with Gasteiger partial charge in [-0.15, -0.1) is 0 Å². The first-order valence-corrected chi connectivity index (χ1v) is 3.86. The highest BCUT2D eigenvalue weighted by Crippen LogP contribution is 2.11. The number of allylic oxidation sites excluding steroid dienone is 1. The van der Waals surface area contributed by atoms with Crippen LogP contribution in [0.4, 0.5) is 13.2 Å². The van der Waals surface area contributed by atoms with Crippen LogP contribution in [-0.2, 0) is 4.79 Å². The molecule has 0 aliphatic heterocycles. The first-order chi connectivity index (χ1) is 6.61. The fourth-order valence-corrected chi connectivity index (χ4v) is 0.871. The molecule has 4 heteroatoms. The number of rotatable bonds is 3. The number of carbonyl (C=O) groups excluding carboxylic acids is 1. The number of alkyl halides is 2. The zero-order valence-electron chi connectivity index (χ0n) is 7.08. The third-order valence-corrected chi connectivity index (χ3v) is 1.53. The van der Waals surface area contributed by atoms with Gasteiger partial charge in [-0.05, 0) is 11.6 Å². The van der Waals surface area contributed by atoms with E-state index in [9.17, 15) is 18.0 Å². The van der Waals surface area contributed by atoms with Gasteiger partial charge in [-0.2, -0.15) is 0 Å². The summed E-state index contributed by atoms with van der Waals surface area (Å²) in [7, 11) is 0. The molecule has 1 aromatic carbocycles. The molecule has 0 aliphatic carbocycles. The Bertz CT molecular complexity index is 344. The molecule has 0 fully saturated rings. The first kappa shape index (κ1) is 10.5. The van der Waals surface area contributed by atoms with Crippen molar-refractivity contribution in [2.45, 2.75) is 6.43 Å². The van der Waals surface area contributed by atoms with Crippen LogP contribution in [0.1, 0.15) is 5.56 Å². The molecule has 1 aromatic rings. The van der Waals surface area contributed by atoms with Crippen molar-refractivity contribution >= 4 is 11.9 Å². The van der Waals surface area contributed by atoms with Crippen molar-refractivity contribution in [3.8, 4) is 0 Å². The van der Waals surface area contributed by atoms with Gasteiger partial charge in [0.1, 0.15) is 0 Å². The van der Waals surface area contributed by atoms with Crippen molar-refractivity contribution in [3.05, 3.63) is 41.7 Å². The Labute approximate surface area is 78.9 Å². The zero-order valence-corrected chi connectivity index (χ0v) is 7.08. The number of Topliss-reactive ketones (excluding diaryl/α,β-unsaturated/α-hetero) is 1. The van der Waals surface area contributed by atoms with Crippen LogP contribution in [0.3, 0.4) is 0 Å². The van der Waals surface area contributed by atoms with Gasteiger partial charge >= 0.3 is 6.43 Å². The molecule has 0 amide bonds. The van der Waals surface area contributed by atoms with E-state index in [1.165, 1.54) is 12.1 Å². The Morgan fingerprint density at radius 2 is 1.79 bits per heavy atom. The highest BCUT2D eigenvalue weighted by Gasteiger charge is 2.20. The molecule has 0 saturated carbocycles. The average molecular weight is 200 g/mol. The van der Waals surface area contributed by atoms with Crippen molar-refractivity contribution in [2.75, 3.05) is 0 Å². The van der Waals surface area contributed by atoms with Crippen LogP contribution in [0, 0.1) is 0 Å². The van der Waals surface area contributed by atoms with E-state index in [-0.39, 0.29) is 0 Å². The number of halogens is 3. The Kier molecular flexibility index (Phi) is 3.45. The Balaban J connectivity index is 2.84. The highest BCUT2D eigenvalue weighted by molar-refractivity contribution is 5.99. The zero-order chi connectivity index (χ0) is 10.6. The molecule has 0 radical (unpaired) electrons. The summed E-state index contributed by atoms with van der Waals surface area (Å²) in [6.07, 6.45) is -2.51. The third-order valence-electron chi connectivity index (χ3n) is 1.53. The van der Waals surface area contributed by atoms with Crippen molar-refractivity contribution in [1.29, 1.82) is 0 Å². The van der Waals surface area contributed by atoms with E-state index in [1.54, 1.807) is 18.2 Å². The quantitative estimate of drug-likeness (QED) is 0.685. The molecular weight excluding hydrogens is 193 g/mol. The van der Waals surface area contributed by atoms with Gasteiger partial charge in [0.05, 0.1) is 0 Å². The second-order valence-corrected chi connectivity index (χ2v) is 2.57. The Hall–Kier alpha value is -1.58. The van der Waals surface area contributed by atoms with Crippen molar-refractivity contribution in [2.24, 2.45) is 0 Å². The molecule has 0 N–H and O–H groups in total. The normalized spacial score (nSPS) is 11.9. The van der Waals surface area contributed by atoms with Crippen LogP contribution in [-0.4, -0.2) is 12.2 Å². The van der Waals surface area contributed by atoms with Gasteiger partial charge in [0.2, 0.25) is 0 Å². The van der Waals surface area contributed by atoms with Crippen molar-refractivity contribution < 1.29 is 18.0 Å². The van der Waals surface area contributed by atoms with E-state index in [1.807, 2.05) is 0 Å². The SMILES string of the molecule is O=C(/C(F)=C/c1ccccc1)C(F)F. The molecule has 1 nitrogen and oxygen atoms in total. The molecule has 0 saturated heterocycles. The van der Waals surface area contributed by atoms with E-state index in [2.05, 4.69) is 0 Å². The van der Waals surface area contributed by atoms with Gasteiger partial charge in [-0.1, -0.05) is 30.3 Å². The van der Waals surface area contributed by atoms with Gasteiger partial charge in [0.15, 0.2) is 5.83 Å². The summed E-state index contributed by atoms with van der Waals surface area (Å²) in [6.45, 7) is 0. The Morgan fingerprint density at radius 3 is 2.29 bits per heavy atom. The fourth-order valence-electron chi connectivity index (χ4n) is 0.871. The summed E-state index contributed by atoms with van der Waals surface area (Å²) in [5.74, 6) is -3.21. The molecule has 0 aliphatic rings. The van der Waals surface area contributed by atoms with E-state index in [4.69, 9.17) is 0 Å². The van der Waals surface area contributed by atoms with Gasteiger partial charge < -0.3 is 0 Å². The lowest BCUT2D eigenvalue weighted by Crippen LogP contribution is -2.09. The second-order valence-electron chi connectivity index (χ2n) is 2.57. The van der Waals surface area contributed by atoms with Crippen LogP contribution >= 0.6 is 0 Å². The van der Waals surface area contributed by atoms with Gasteiger partial charge in [0.25, 0.3) is 5.78 Å². The summed E-state index contributed by atoms with van der Waals surface area (Å²) in [6, 6.07) is 7.96. The molecule has 0 unspecified atom stereocenters. The van der Waals surface area contributed by atoms with Gasteiger partial charge in [-0.25, -0.2) is 13.2 Å². The van der Waals surface area contributed by atoms with Gasteiger partial charge in [0, 0.05) is 0 Å². The maximum atomic E-state index is 12.8. The summed E-state index contributed by atoms with van der Waals surface area (Å²) in [4.78, 5) is 10.5. The largest absolute Gasteiger partial charge is 0.302 e. The molecule has 14 heavy (non-hydrogen) atoms. The monoisotopic (exact) mass is 200 g/mol. The molecule has 0 bridgehead atoms. The lowest BCUT2D eigenvalue weighted by atomic mass is 10.2. The Morgan fingerprint density at radius 1 is 1.21 bits per heavy atom. The third kappa shape index (κ3) is 2.73. The van der Waals surface area contributed by atoms with Crippen LogP contribution in [0.5, 0.6) is 0 Å². The summed E-state index contributed by atoms with van der Waals surface area (Å²) in [5, 5.41) is 0. The standard InChI is InChI=1S/C10H7F3O/c11-8(9(14)10(12)13)6-7-4-2-1-3-5-7/h1-6,10H/b8-6-. The second kappa shape index (κ2) is 4.60. The molecule has 0 spiro atoms. The first-order valence-electron chi connectivity index (χ1n) is 3.86. The van der Waals surface area contributed by atoms with E-state index >= 15 is 0 Å². The summed E-state index contributed by atoms with van der Waals surface area (Å²) in [5.41, 5.74) is 0.374. The topological polar surface area (TPSA) is 17.1 Å². The maximum absolute atomic E-state index is 12.8. The summed E-state index contributed by atoms with van der Waals surface area (Å²) < 4.78 is 36.3. The molecule has 0 atom stereocenters. The fraction of sp³-hybridized carbons (Fsp3) is 0.100. The summed E-state index contributed by atoms with van der Waals surface area (Å²) >= 11 is 0. The van der Waals surface area contributed by atoms with Crippen molar-refractivity contribution in [3.63, 3.8) is 0 Å². The van der Waals surface area contributed by atoms with Gasteiger partial charge in [-0.3, -0.25) is 4.79 Å². The molecule has 0 heterocycles. The van der Waals surface area contributed by atoms with Crippen molar-refractivity contribution in [1.82, 2.24) is 0 Å². The number of carbonyl (C=O) groups is 1. The number of ketones is 1. The highest BCUT2D eigenvalue weighted by atomic mass is 19.3. The van der Waals surface area contributed by atoms with Crippen LogP contribution in [0.25, 0.3) is 6.08 Å². The number of benzene rings is 1. The van der Waals surface area contributed by atoms with E-state index in [0.29, 0.717) is 5.56 Å². The van der Waals surface area contributed by atoms with Crippen LogP contribution < -0.4 is 0 Å². The van der Waals surface area contributed by atoms with Crippen LogP contribution in [0.15, 0.2) is 36.2 Å². The van der Waals surface area contributed by atoms with E-state index in [0.717, 1.165) is 6.08 Å². The minimum absolute atomic E-state index is 0.374. The van der Waals surface area contributed by atoms with E-state index < -0.39 is 18.0 Å². The molecule has 1 rings (SSSR count).